The lowest BCUT2D eigenvalue weighted by Crippen LogP contribution is -1.89. The van der Waals surface area contributed by atoms with E-state index >= 15 is 0 Å². The van der Waals surface area contributed by atoms with Crippen LogP contribution >= 0.6 is 11.3 Å². The molecule has 0 saturated heterocycles. The Kier molecular flexibility index (Phi) is 3.35. The van der Waals surface area contributed by atoms with E-state index in [-0.39, 0.29) is 5.75 Å². The molecule has 0 saturated carbocycles. The van der Waals surface area contributed by atoms with E-state index in [2.05, 4.69) is 28.5 Å². The highest BCUT2D eigenvalue weighted by atomic mass is 32.1. The highest BCUT2D eigenvalue weighted by molar-refractivity contribution is 7.22. The van der Waals surface area contributed by atoms with E-state index in [1.807, 2.05) is 12.1 Å². The number of thiazole rings is 1. The number of aromatic hydroxyl groups is 1. The quantitative estimate of drug-likeness (QED) is 0.568. The van der Waals surface area contributed by atoms with Gasteiger partial charge in [-0.15, -0.1) is 0 Å². The van der Waals surface area contributed by atoms with Gasteiger partial charge in [-0.3, -0.25) is 5.43 Å². The SMILES string of the molecule is Cc1cccc2nc(N/N=C/c3ccc(O)cc3)sc12. The summed E-state index contributed by atoms with van der Waals surface area (Å²) in [5, 5.41) is 14.1. The van der Waals surface area contributed by atoms with Gasteiger partial charge in [0, 0.05) is 0 Å². The number of aryl methyl sites for hydroxylation is 1. The summed E-state index contributed by atoms with van der Waals surface area (Å²) in [6, 6.07) is 12.9. The molecule has 0 unspecified atom stereocenters. The van der Waals surface area contributed by atoms with E-state index in [0.717, 1.165) is 16.2 Å². The lowest BCUT2D eigenvalue weighted by atomic mass is 10.2. The molecule has 100 valence electrons. The van der Waals surface area contributed by atoms with Crippen LogP contribution in [-0.2, 0) is 0 Å². The first-order chi connectivity index (χ1) is 9.72. The fraction of sp³-hybridized carbons (Fsp3) is 0.0667. The molecule has 0 bridgehead atoms. The number of rotatable bonds is 3. The highest BCUT2D eigenvalue weighted by Gasteiger charge is 2.04. The van der Waals surface area contributed by atoms with Crippen molar-refractivity contribution >= 4 is 32.9 Å². The highest BCUT2D eigenvalue weighted by Crippen LogP contribution is 2.28. The van der Waals surface area contributed by atoms with E-state index in [0.29, 0.717) is 0 Å². The molecular formula is C15H13N3OS. The maximum absolute atomic E-state index is 9.20. The van der Waals surface area contributed by atoms with E-state index in [9.17, 15) is 5.11 Å². The standard InChI is InChI=1S/C15H13N3OS/c1-10-3-2-4-13-14(10)20-15(17-13)18-16-9-11-5-7-12(19)8-6-11/h2-9,19H,1H3,(H,17,18)/b16-9+. The Hall–Kier alpha value is -2.40. The van der Waals surface area contributed by atoms with Gasteiger partial charge in [0.05, 0.1) is 16.4 Å². The second kappa shape index (κ2) is 5.30. The number of nitrogens with zero attached hydrogens (tertiary/aromatic N) is 2. The van der Waals surface area contributed by atoms with Crippen LogP contribution in [0.15, 0.2) is 47.6 Å². The zero-order valence-electron chi connectivity index (χ0n) is 10.9. The van der Waals surface area contributed by atoms with Crippen molar-refractivity contribution in [1.29, 1.82) is 0 Å². The summed E-state index contributed by atoms with van der Waals surface area (Å²) >= 11 is 1.59. The van der Waals surface area contributed by atoms with Gasteiger partial charge in [0.25, 0.3) is 0 Å². The minimum atomic E-state index is 0.247. The Morgan fingerprint density at radius 1 is 1.20 bits per heavy atom. The van der Waals surface area contributed by atoms with Gasteiger partial charge in [-0.25, -0.2) is 4.98 Å². The van der Waals surface area contributed by atoms with Crippen LogP contribution in [0, 0.1) is 6.92 Å². The molecular weight excluding hydrogens is 270 g/mol. The molecule has 0 aliphatic heterocycles. The second-order valence-corrected chi connectivity index (χ2v) is 5.40. The lowest BCUT2D eigenvalue weighted by Gasteiger charge is -1.94. The van der Waals surface area contributed by atoms with Crippen molar-refractivity contribution < 1.29 is 5.11 Å². The molecule has 0 amide bonds. The number of anilines is 1. The average Bonchev–Trinajstić information content (AvgIpc) is 2.85. The maximum atomic E-state index is 9.20. The molecule has 0 atom stereocenters. The minimum Gasteiger partial charge on any atom is -0.508 e. The maximum Gasteiger partial charge on any atom is 0.204 e. The molecule has 3 rings (SSSR count). The Balaban J connectivity index is 1.76. The van der Waals surface area contributed by atoms with Gasteiger partial charge < -0.3 is 5.11 Å². The first kappa shape index (κ1) is 12.6. The van der Waals surface area contributed by atoms with Crippen molar-refractivity contribution in [1.82, 2.24) is 4.98 Å². The summed E-state index contributed by atoms with van der Waals surface area (Å²) in [6.07, 6.45) is 1.69. The summed E-state index contributed by atoms with van der Waals surface area (Å²) < 4.78 is 1.18. The normalized spacial score (nSPS) is 11.2. The van der Waals surface area contributed by atoms with E-state index < -0.39 is 0 Å². The van der Waals surface area contributed by atoms with Gasteiger partial charge in [0.1, 0.15) is 5.75 Å². The molecule has 1 heterocycles. The van der Waals surface area contributed by atoms with Gasteiger partial charge in [0.15, 0.2) is 0 Å². The van der Waals surface area contributed by atoms with Crippen LogP contribution in [0.3, 0.4) is 0 Å². The molecule has 2 aromatic carbocycles. The van der Waals surface area contributed by atoms with Crippen molar-refractivity contribution in [3.8, 4) is 5.75 Å². The summed E-state index contributed by atoms with van der Waals surface area (Å²) in [6.45, 7) is 2.07. The number of hydrazone groups is 1. The first-order valence-corrected chi connectivity index (χ1v) is 6.98. The average molecular weight is 283 g/mol. The van der Waals surface area contributed by atoms with Gasteiger partial charge in [-0.1, -0.05) is 23.5 Å². The number of hydrogen-bond acceptors (Lipinski definition) is 5. The summed E-state index contributed by atoms with van der Waals surface area (Å²) in [4.78, 5) is 4.47. The minimum absolute atomic E-state index is 0.247. The zero-order chi connectivity index (χ0) is 13.9. The van der Waals surface area contributed by atoms with Crippen molar-refractivity contribution in [2.75, 3.05) is 5.43 Å². The first-order valence-electron chi connectivity index (χ1n) is 6.16. The van der Waals surface area contributed by atoms with Crippen molar-refractivity contribution in [3.05, 3.63) is 53.6 Å². The lowest BCUT2D eigenvalue weighted by molar-refractivity contribution is 0.475. The second-order valence-electron chi connectivity index (χ2n) is 4.40. The molecule has 20 heavy (non-hydrogen) atoms. The van der Waals surface area contributed by atoms with Gasteiger partial charge in [0.2, 0.25) is 5.13 Å². The molecule has 0 spiro atoms. The fourth-order valence-electron chi connectivity index (χ4n) is 1.86. The third kappa shape index (κ3) is 2.62. The number of benzene rings is 2. The molecule has 2 N–H and O–H groups in total. The predicted molar refractivity (Wildman–Crippen MR) is 83.7 cm³/mol. The Morgan fingerprint density at radius 3 is 2.75 bits per heavy atom. The van der Waals surface area contributed by atoms with Crippen molar-refractivity contribution in [3.63, 3.8) is 0 Å². The third-order valence-corrected chi connectivity index (χ3v) is 3.99. The molecule has 3 aromatic rings. The summed E-state index contributed by atoms with van der Waals surface area (Å²) in [5.74, 6) is 0.247. The number of phenolic OH excluding ortho intramolecular Hbond substituents is 1. The molecule has 0 radical (unpaired) electrons. The van der Waals surface area contributed by atoms with Crippen LogP contribution in [0.2, 0.25) is 0 Å². The van der Waals surface area contributed by atoms with E-state index in [4.69, 9.17) is 0 Å². The Labute approximate surface area is 120 Å². The molecule has 1 aromatic heterocycles. The fourth-order valence-corrected chi connectivity index (χ4v) is 2.74. The number of phenols is 1. The number of aromatic nitrogens is 1. The van der Waals surface area contributed by atoms with Gasteiger partial charge >= 0.3 is 0 Å². The molecule has 0 fully saturated rings. The van der Waals surface area contributed by atoms with Crippen LogP contribution < -0.4 is 5.43 Å². The number of fused-ring (bicyclic) bond motifs is 1. The summed E-state index contributed by atoms with van der Waals surface area (Å²) in [7, 11) is 0. The number of nitrogens with one attached hydrogen (secondary N) is 1. The Morgan fingerprint density at radius 2 is 2.00 bits per heavy atom. The van der Waals surface area contributed by atoms with Gasteiger partial charge in [-0.2, -0.15) is 5.10 Å². The van der Waals surface area contributed by atoms with Gasteiger partial charge in [-0.05, 0) is 48.4 Å². The van der Waals surface area contributed by atoms with E-state index in [1.54, 1.807) is 41.8 Å². The smallest absolute Gasteiger partial charge is 0.204 e. The molecule has 4 nitrogen and oxygen atoms in total. The predicted octanol–water partition coefficient (Wildman–Crippen LogP) is 3.76. The van der Waals surface area contributed by atoms with Crippen LogP contribution in [0.4, 0.5) is 5.13 Å². The van der Waals surface area contributed by atoms with Crippen LogP contribution in [-0.4, -0.2) is 16.3 Å². The van der Waals surface area contributed by atoms with Crippen molar-refractivity contribution in [2.45, 2.75) is 6.92 Å². The molecule has 0 aliphatic carbocycles. The Bertz CT molecular complexity index is 762. The molecule has 0 aliphatic rings. The third-order valence-electron chi connectivity index (χ3n) is 2.88. The monoisotopic (exact) mass is 283 g/mol. The van der Waals surface area contributed by atoms with Crippen molar-refractivity contribution in [2.24, 2.45) is 5.10 Å². The summed E-state index contributed by atoms with van der Waals surface area (Å²) in [5.41, 5.74) is 6.05. The largest absolute Gasteiger partial charge is 0.508 e. The van der Waals surface area contributed by atoms with E-state index in [1.165, 1.54) is 10.3 Å². The topological polar surface area (TPSA) is 57.5 Å². The zero-order valence-corrected chi connectivity index (χ0v) is 11.7. The number of hydrogen-bond donors (Lipinski definition) is 2. The van der Waals surface area contributed by atoms with Crippen LogP contribution in [0.5, 0.6) is 5.75 Å². The molecule has 5 heteroatoms. The van der Waals surface area contributed by atoms with Crippen LogP contribution in [0.25, 0.3) is 10.2 Å². The van der Waals surface area contributed by atoms with Crippen LogP contribution in [0.1, 0.15) is 11.1 Å².